The maximum atomic E-state index is 3.70. The minimum Gasteiger partial charge on any atom is -0.314 e. The number of hydrogen-bond donors (Lipinski definition) is 2. The molecule has 0 saturated carbocycles. The molecule has 0 spiro atoms. The molecule has 2 nitrogen and oxygen atoms in total. The highest BCUT2D eigenvalue weighted by Crippen LogP contribution is 2.07. The van der Waals surface area contributed by atoms with Crippen molar-refractivity contribution in [2.75, 3.05) is 13.1 Å². The summed E-state index contributed by atoms with van der Waals surface area (Å²) in [4.78, 5) is 0. The Morgan fingerprint density at radius 2 is 1.85 bits per heavy atom. The van der Waals surface area contributed by atoms with Gasteiger partial charge in [0.2, 0.25) is 0 Å². The molecule has 0 amide bonds. The van der Waals surface area contributed by atoms with E-state index in [1.165, 1.54) is 38.6 Å². The van der Waals surface area contributed by atoms with Crippen LogP contribution in [0.1, 0.15) is 46.0 Å². The molecule has 0 aromatic heterocycles. The van der Waals surface area contributed by atoms with Crippen molar-refractivity contribution in [3.63, 3.8) is 0 Å². The summed E-state index contributed by atoms with van der Waals surface area (Å²) in [6.45, 7) is 6.84. The molecule has 2 unspecified atom stereocenters. The third-order valence-electron chi connectivity index (χ3n) is 2.90. The molecule has 13 heavy (non-hydrogen) atoms. The maximum absolute atomic E-state index is 3.70. The second kappa shape index (κ2) is 6.39. The molecular formula is C11H24N2. The van der Waals surface area contributed by atoms with Crippen LogP contribution in [0.5, 0.6) is 0 Å². The molecule has 0 aliphatic carbocycles. The number of rotatable bonds is 5. The highest BCUT2D eigenvalue weighted by molar-refractivity contribution is 4.82. The van der Waals surface area contributed by atoms with E-state index in [-0.39, 0.29) is 0 Å². The van der Waals surface area contributed by atoms with Crippen molar-refractivity contribution in [3.8, 4) is 0 Å². The van der Waals surface area contributed by atoms with Gasteiger partial charge in [0, 0.05) is 25.2 Å². The van der Waals surface area contributed by atoms with Crippen molar-refractivity contribution < 1.29 is 0 Å². The first-order valence-electron chi connectivity index (χ1n) is 5.83. The van der Waals surface area contributed by atoms with Crippen LogP contribution in [-0.4, -0.2) is 25.2 Å². The standard InChI is InChI=1S/C11H24N2/c1-3-5-6-7-11-9-12-8-10(4-2)13-11/h10-13H,3-9H2,1-2H3. The molecule has 0 bridgehead atoms. The number of unbranched alkanes of at least 4 members (excludes halogenated alkanes) is 2. The van der Waals surface area contributed by atoms with Crippen LogP contribution in [-0.2, 0) is 0 Å². The summed E-state index contributed by atoms with van der Waals surface area (Å²) < 4.78 is 0. The smallest absolute Gasteiger partial charge is 0.0195 e. The zero-order chi connectivity index (χ0) is 9.52. The Balaban J connectivity index is 2.11. The molecule has 0 radical (unpaired) electrons. The van der Waals surface area contributed by atoms with Crippen LogP contribution in [0.25, 0.3) is 0 Å². The van der Waals surface area contributed by atoms with Crippen LogP contribution < -0.4 is 10.6 Å². The minimum atomic E-state index is 0.709. The van der Waals surface area contributed by atoms with E-state index in [1.54, 1.807) is 0 Å². The SMILES string of the molecule is CCCCCC1CNCC(CC)N1. The Morgan fingerprint density at radius 3 is 2.54 bits per heavy atom. The fourth-order valence-electron chi connectivity index (χ4n) is 1.97. The van der Waals surface area contributed by atoms with E-state index in [2.05, 4.69) is 24.5 Å². The number of nitrogens with one attached hydrogen (secondary N) is 2. The molecule has 1 rings (SSSR count). The third-order valence-corrected chi connectivity index (χ3v) is 2.90. The molecule has 1 aliphatic rings. The Kier molecular flexibility index (Phi) is 5.40. The van der Waals surface area contributed by atoms with Crippen molar-refractivity contribution in [1.82, 2.24) is 10.6 Å². The normalized spacial score (nSPS) is 29.1. The van der Waals surface area contributed by atoms with Gasteiger partial charge in [-0.1, -0.05) is 33.1 Å². The van der Waals surface area contributed by atoms with Crippen molar-refractivity contribution in [3.05, 3.63) is 0 Å². The van der Waals surface area contributed by atoms with E-state index in [0.29, 0.717) is 6.04 Å². The van der Waals surface area contributed by atoms with Gasteiger partial charge in [-0.2, -0.15) is 0 Å². The maximum Gasteiger partial charge on any atom is 0.0195 e. The lowest BCUT2D eigenvalue weighted by Gasteiger charge is -2.31. The van der Waals surface area contributed by atoms with Gasteiger partial charge in [-0.05, 0) is 12.8 Å². The molecule has 1 fully saturated rings. The summed E-state index contributed by atoms with van der Waals surface area (Å²) in [6.07, 6.45) is 6.69. The molecule has 0 aromatic carbocycles. The van der Waals surface area contributed by atoms with E-state index < -0.39 is 0 Å². The molecule has 1 heterocycles. The summed E-state index contributed by atoms with van der Waals surface area (Å²) in [6, 6.07) is 1.44. The van der Waals surface area contributed by atoms with E-state index in [1.807, 2.05) is 0 Å². The molecule has 2 atom stereocenters. The molecular weight excluding hydrogens is 160 g/mol. The van der Waals surface area contributed by atoms with E-state index in [4.69, 9.17) is 0 Å². The van der Waals surface area contributed by atoms with Crippen LogP contribution in [0.2, 0.25) is 0 Å². The van der Waals surface area contributed by atoms with E-state index >= 15 is 0 Å². The predicted octanol–water partition coefficient (Wildman–Crippen LogP) is 1.91. The van der Waals surface area contributed by atoms with Crippen molar-refractivity contribution in [2.45, 2.75) is 58.0 Å². The summed E-state index contributed by atoms with van der Waals surface area (Å²) >= 11 is 0. The van der Waals surface area contributed by atoms with Gasteiger partial charge in [-0.25, -0.2) is 0 Å². The first kappa shape index (κ1) is 11.0. The fraction of sp³-hybridized carbons (Fsp3) is 1.00. The first-order valence-corrected chi connectivity index (χ1v) is 5.83. The average molecular weight is 184 g/mol. The van der Waals surface area contributed by atoms with Crippen molar-refractivity contribution in [1.29, 1.82) is 0 Å². The van der Waals surface area contributed by atoms with Gasteiger partial charge in [-0.15, -0.1) is 0 Å². The van der Waals surface area contributed by atoms with Gasteiger partial charge < -0.3 is 10.6 Å². The Labute approximate surface area is 82.5 Å². The van der Waals surface area contributed by atoms with Crippen LogP contribution in [0.15, 0.2) is 0 Å². The quantitative estimate of drug-likeness (QED) is 0.638. The minimum absolute atomic E-state index is 0.709. The second-order valence-electron chi connectivity index (χ2n) is 4.12. The fourth-order valence-corrected chi connectivity index (χ4v) is 1.97. The lowest BCUT2D eigenvalue weighted by molar-refractivity contribution is 0.314. The van der Waals surface area contributed by atoms with Gasteiger partial charge >= 0.3 is 0 Å². The number of piperazine rings is 1. The van der Waals surface area contributed by atoms with Crippen LogP contribution in [0.4, 0.5) is 0 Å². The van der Waals surface area contributed by atoms with Crippen molar-refractivity contribution >= 4 is 0 Å². The van der Waals surface area contributed by atoms with Crippen LogP contribution >= 0.6 is 0 Å². The van der Waals surface area contributed by atoms with Gasteiger partial charge in [0.1, 0.15) is 0 Å². The zero-order valence-corrected chi connectivity index (χ0v) is 9.10. The largest absolute Gasteiger partial charge is 0.314 e. The molecule has 0 aromatic rings. The van der Waals surface area contributed by atoms with E-state index in [0.717, 1.165) is 12.6 Å². The Bertz CT molecular complexity index is 125. The monoisotopic (exact) mass is 184 g/mol. The van der Waals surface area contributed by atoms with Crippen LogP contribution in [0.3, 0.4) is 0 Å². The Morgan fingerprint density at radius 1 is 1.08 bits per heavy atom. The summed E-state index contributed by atoms with van der Waals surface area (Å²) in [5.41, 5.74) is 0. The average Bonchev–Trinajstić information content (AvgIpc) is 2.19. The lowest BCUT2D eigenvalue weighted by atomic mass is 10.0. The number of hydrogen-bond acceptors (Lipinski definition) is 2. The summed E-state index contributed by atoms with van der Waals surface area (Å²) in [5.74, 6) is 0. The topological polar surface area (TPSA) is 24.1 Å². The van der Waals surface area contributed by atoms with Gasteiger partial charge in [-0.3, -0.25) is 0 Å². The molecule has 2 heteroatoms. The molecule has 78 valence electrons. The zero-order valence-electron chi connectivity index (χ0n) is 9.10. The summed E-state index contributed by atoms with van der Waals surface area (Å²) in [5, 5.41) is 7.20. The van der Waals surface area contributed by atoms with Crippen LogP contribution in [0, 0.1) is 0 Å². The Hall–Kier alpha value is -0.0800. The van der Waals surface area contributed by atoms with E-state index in [9.17, 15) is 0 Å². The van der Waals surface area contributed by atoms with Gasteiger partial charge in [0.05, 0.1) is 0 Å². The highest BCUT2D eigenvalue weighted by Gasteiger charge is 2.17. The second-order valence-corrected chi connectivity index (χ2v) is 4.12. The molecule has 1 saturated heterocycles. The summed E-state index contributed by atoms with van der Waals surface area (Å²) in [7, 11) is 0. The van der Waals surface area contributed by atoms with Gasteiger partial charge in [0.15, 0.2) is 0 Å². The lowest BCUT2D eigenvalue weighted by Crippen LogP contribution is -2.54. The van der Waals surface area contributed by atoms with Crippen molar-refractivity contribution in [2.24, 2.45) is 0 Å². The predicted molar refractivity (Wildman–Crippen MR) is 58.0 cm³/mol. The molecule has 2 N–H and O–H groups in total. The highest BCUT2D eigenvalue weighted by atomic mass is 15.1. The molecule has 1 aliphatic heterocycles. The third kappa shape index (κ3) is 4.10. The first-order chi connectivity index (χ1) is 6.36. The van der Waals surface area contributed by atoms with Gasteiger partial charge in [0.25, 0.3) is 0 Å².